The first-order valence-electron chi connectivity index (χ1n) is 17.6. The van der Waals surface area contributed by atoms with Crippen molar-refractivity contribution in [1.29, 1.82) is 0 Å². The van der Waals surface area contributed by atoms with Crippen molar-refractivity contribution < 1.29 is 37.9 Å². The maximum absolute atomic E-state index is 12.3. The highest BCUT2D eigenvalue weighted by Gasteiger charge is 2.22. The number of rotatable bonds is 31. The minimum atomic E-state index is -4.76. The fourth-order valence-corrected chi connectivity index (χ4v) is 4.83. The molecule has 0 saturated carbocycles. The largest absolute Gasteiger partial charge is 0.469 e. The fraction of sp³-hybridized carbons (Fsp3) is 0.676. The zero-order valence-electron chi connectivity index (χ0n) is 28.7. The van der Waals surface area contributed by atoms with E-state index in [0.717, 1.165) is 57.8 Å². The molecule has 8 nitrogen and oxygen atoms in total. The summed E-state index contributed by atoms with van der Waals surface area (Å²) in [5.41, 5.74) is 0. The highest BCUT2D eigenvalue weighted by atomic mass is 31.2. The van der Waals surface area contributed by atoms with Gasteiger partial charge < -0.3 is 19.3 Å². The van der Waals surface area contributed by atoms with E-state index in [2.05, 4.69) is 73.1 Å². The van der Waals surface area contributed by atoms with Crippen molar-refractivity contribution in [2.45, 2.75) is 148 Å². The van der Waals surface area contributed by atoms with Gasteiger partial charge in [-0.1, -0.05) is 139 Å². The summed E-state index contributed by atoms with van der Waals surface area (Å²) < 4.78 is 26.2. The number of hydrogen-bond donors (Lipinski definition) is 2. The van der Waals surface area contributed by atoms with Crippen LogP contribution in [-0.2, 0) is 28.2 Å². The molecule has 0 aliphatic rings. The van der Waals surface area contributed by atoms with E-state index in [1.807, 2.05) is 6.08 Å². The predicted octanol–water partition coefficient (Wildman–Crippen LogP) is 10.2. The van der Waals surface area contributed by atoms with Gasteiger partial charge >= 0.3 is 19.8 Å². The molecule has 0 fully saturated rings. The molecule has 0 rings (SSSR count). The third-order valence-electron chi connectivity index (χ3n) is 7.05. The summed E-state index contributed by atoms with van der Waals surface area (Å²) in [5, 5.41) is 0. The number of carbonyl (C=O) groups excluding carboxylic acids is 2. The van der Waals surface area contributed by atoms with Crippen LogP contribution in [0.2, 0.25) is 0 Å². The van der Waals surface area contributed by atoms with E-state index in [9.17, 15) is 14.2 Å². The van der Waals surface area contributed by atoms with Crippen LogP contribution in [0.1, 0.15) is 142 Å². The molecule has 2 N–H and O–H groups in total. The van der Waals surface area contributed by atoms with Crippen molar-refractivity contribution in [3.63, 3.8) is 0 Å². The molecule has 0 aromatic carbocycles. The Morgan fingerprint density at radius 3 is 1.54 bits per heavy atom. The van der Waals surface area contributed by atoms with Crippen LogP contribution in [0.3, 0.4) is 0 Å². The molecule has 1 atom stereocenters. The quantitative estimate of drug-likeness (QED) is 0.0325. The van der Waals surface area contributed by atoms with Gasteiger partial charge in [0.1, 0.15) is 6.61 Å². The number of allylic oxidation sites excluding steroid dienone is 10. The van der Waals surface area contributed by atoms with Crippen LogP contribution in [0.25, 0.3) is 0 Å². The van der Waals surface area contributed by atoms with Crippen LogP contribution >= 0.6 is 7.82 Å². The lowest BCUT2D eigenvalue weighted by atomic mass is 10.1. The van der Waals surface area contributed by atoms with Gasteiger partial charge in [-0.3, -0.25) is 14.1 Å². The van der Waals surface area contributed by atoms with E-state index in [1.54, 1.807) is 0 Å². The Labute approximate surface area is 279 Å². The van der Waals surface area contributed by atoms with Crippen LogP contribution < -0.4 is 0 Å². The lowest BCUT2D eigenvalue weighted by Gasteiger charge is -2.18. The van der Waals surface area contributed by atoms with Crippen molar-refractivity contribution in [3.05, 3.63) is 60.8 Å². The van der Waals surface area contributed by atoms with Gasteiger partial charge in [0.25, 0.3) is 0 Å². The summed E-state index contributed by atoms with van der Waals surface area (Å²) >= 11 is 0. The lowest BCUT2D eigenvalue weighted by Crippen LogP contribution is -2.29. The maximum Gasteiger partial charge on any atom is 0.469 e. The molecular formula is C37H63O8P. The summed E-state index contributed by atoms with van der Waals surface area (Å²) in [6.45, 7) is 3.48. The summed E-state index contributed by atoms with van der Waals surface area (Å²) in [4.78, 5) is 42.5. The van der Waals surface area contributed by atoms with Gasteiger partial charge in [-0.2, -0.15) is 0 Å². The average Bonchev–Trinajstić information content (AvgIpc) is 3.02. The Balaban J connectivity index is 4.11. The van der Waals surface area contributed by atoms with Gasteiger partial charge in [-0.15, -0.1) is 0 Å². The van der Waals surface area contributed by atoms with Gasteiger partial charge in [-0.05, 0) is 51.4 Å². The van der Waals surface area contributed by atoms with Gasteiger partial charge in [0, 0.05) is 12.8 Å². The number of ether oxygens (including phenoxy) is 2. The Morgan fingerprint density at radius 1 is 0.587 bits per heavy atom. The smallest absolute Gasteiger partial charge is 0.462 e. The van der Waals surface area contributed by atoms with Crippen LogP contribution in [0, 0.1) is 0 Å². The molecular weight excluding hydrogens is 603 g/mol. The minimum absolute atomic E-state index is 0.188. The topological polar surface area (TPSA) is 119 Å². The summed E-state index contributed by atoms with van der Waals surface area (Å²) in [6, 6.07) is 0. The van der Waals surface area contributed by atoms with Gasteiger partial charge in [-0.25, -0.2) is 4.57 Å². The minimum Gasteiger partial charge on any atom is -0.462 e. The molecule has 264 valence electrons. The monoisotopic (exact) mass is 666 g/mol. The summed E-state index contributed by atoms with van der Waals surface area (Å²) in [5.74, 6) is -0.959. The SMILES string of the molecule is CC/C=C/C/C=C/C/C=C/C/C=C/C/C=C/CCCC(=O)OC[C@H](COP(=O)(O)O)OC(=O)CCCCCCCCCCCCC. The third-order valence-corrected chi connectivity index (χ3v) is 7.54. The molecule has 0 unspecified atom stereocenters. The average molecular weight is 667 g/mol. The number of phosphoric ester groups is 1. The van der Waals surface area contributed by atoms with E-state index in [0.29, 0.717) is 12.8 Å². The van der Waals surface area contributed by atoms with Crippen molar-refractivity contribution in [2.24, 2.45) is 0 Å². The molecule has 46 heavy (non-hydrogen) atoms. The standard InChI is InChI=1S/C37H63O8P/c1-3-5-7-9-11-13-15-16-17-18-19-20-22-23-25-27-29-31-36(38)43-33-35(34-44-46(40,41)42)45-37(39)32-30-28-26-24-21-14-12-10-8-6-4-2/h5,7,11,13,16-17,19-20,23,25,35H,3-4,6,8-10,12,14-15,18,21-22,24,26-34H2,1-2H3,(H2,40,41,42)/b7-5+,13-11+,17-16+,20-19+,25-23+/t35-/m1/s1. The second-order valence-electron chi connectivity index (χ2n) is 11.5. The van der Waals surface area contributed by atoms with Crippen molar-refractivity contribution in [1.82, 2.24) is 0 Å². The van der Waals surface area contributed by atoms with Crippen LogP contribution in [0.4, 0.5) is 0 Å². The molecule has 9 heteroatoms. The van der Waals surface area contributed by atoms with Crippen LogP contribution in [0.5, 0.6) is 0 Å². The lowest BCUT2D eigenvalue weighted by molar-refractivity contribution is -0.161. The third kappa shape index (κ3) is 34.6. The highest BCUT2D eigenvalue weighted by Crippen LogP contribution is 2.35. The molecule has 0 spiro atoms. The van der Waals surface area contributed by atoms with Gasteiger partial charge in [0.05, 0.1) is 6.61 Å². The molecule has 0 aliphatic carbocycles. The second kappa shape index (κ2) is 32.7. The summed E-state index contributed by atoms with van der Waals surface area (Å²) in [6.07, 6.45) is 39.5. The van der Waals surface area contributed by atoms with Crippen molar-refractivity contribution in [3.8, 4) is 0 Å². The van der Waals surface area contributed by atoms with Crippen LogP contribution in [0.15, 0.2) is 60.8 Å². The predicted molar refractivity (Wildman–Crippen MR) is 188 cm³/mol. The fourth-order valence-electron chi connectivity index (χ4n) is 4.47. The number of carbonyl (C=O) groups is 2. The number of phosphoric acid groups is 1. The Kier molecular flexibility index (Phi) is 31.1. The van der Waals surface area contributed by atoms with Gasteiger partial charge in [0.15, 0.2) is 6.10 Å². The molecule has 0 bridgehead atoms. The van der Waals surface area contributed by atoms with E-state index in [1.165, 1.54) is 44.9 Å². The van der Waals surface area contributed by atoms with E-state index in [-0.39, 0.29) is 19.4 Å². The highest BCUT2D eigenvalue weighted by molar-refractivity contribution is 7.46. The van der Waals surface area contributed by atoms with Crippen LogP contribution in [-0.4, -0.2) is 41.0 Å². The zero-order valence-corrected chi connectivity index (χ0v) is 29.6. The molecule has 0 aliphatic heterocycles. The van der Waals surface area contributed by atoms with Crippen molar-refractivity contribution >= 4 is 19.8 Å². The van der Waals surface area contributed by atoms with Gasteiger partial charge in [0.2, 0.25) is 0 Å². The normalized spacial score (nSPS) is 13.2. The van der Waals surface area contributed by atoms with E-state index >= 15 is 0 Å². The summed E-state index contributed by atoms with van der Waals surface area (Å²) in [7, 11) is -4.76. The second-order valence-corrected chi connectivity index (χ2v) is 12.7. The molecule has 0 aromatic heterocycles. The number of esters is 2. The first kappa shape index (κ1) is 43.8. The number of hydrogen-bond acceptors (Lipinski definition) is 6. The molecule has 0 radical (unpaired) electrons. The zero-order chi connectivity index (χ0) is 34.0. The maximum atomic E-state index is 12.3. The Morgan fingerprint density at radius 2 is 1.04 bits per heavy atom. The molecule has 0 aromatic rings. The van der Waals surface area contributed by atoms with E-state index in [4.69, 9.17) is 19.3 Å². The molecule has 0 heterocycles. The number of unbranched alkanes of at least 4 members (excludes halogenated alkanes) is 11. The Hall–Kier alpha value is -2.25. The first-order valence-corrected chi connectivity index (χ1v) is 19.1. The Bertz CT molecular complexity index is 932. The molecule has 0 amide bonds. The molecule has 0 saturated heterocycles. The first-order chi connectivity index (χ1) is 22.3. The van der Waals surface area contributed by atoms with E-state index < -0.39 is 32.5 Å². The van der Waals surface area contributed by atoms with Crippen molar-refractivity contribution in [2.75, 3.05) is 13.2 Å².